The lowest BCUT2D eigenvalue weighted by Crippen LogP contribution is -2.26. The Kier molecular flexibility index (Phi) is 4.40. The lowest BCUT2D eigenvalue weighted by molar-refractivity contribution is 0.575. The second-order valence-corrected chi connectivity index (χ2v) is 5.19. The molecule has 0 heterocycles. The number of nitrogens with one attached hydrogen (secondary N) is 1. The highest BCUT2D eigenvalue weighted by Gasteiger charge is 2.16. The predicted molar refractivity (Wildman–Crippen MR) is 60.0 cm³/mol. The number of rotatable bonds is 5. The lowest BCUT2D eigenvalue weighted by Gasteiger charge is -2.08. The number of benzene rings is 1. The Hall–Kier alpha value is -0.980. The van der Waals surface area contributed by atoms with Gasteiger partial charge in [0.05, 0.1) is 4.90 Å². The summed E-state index contributed by atoms with van der Waals surface area (Å²) in [5.74, 6) is -0.565. The van der Waals surface area contributed by atoms with E-state index in [1.165, 1.54) is 12.1 Å². The van der Waals surface area contributed by atoms with E-state index < -0.39 is 15.8 Å². The highest BCUT2D eigenvalue weighted by molar-refractivity contribution is 7.89. The van der Waals surface area contributed by atoms with Crippen LogP contribution in [0.1, 0.15) is 12.0 Å². The average molecular weight is 246 g/mol. The van der Waals surface area contributed by atoms with Crippen molar-refractivity contribution in [2.24, 2.45) is 5.73 Å². The molecule has 0 atom stereocenters. The molecule has 0 unspecified atom stereocenters. The van der Waals surface area contributed by atoms with E-state index in [2.05, 4.69) is 4.72 Å². The van der Waals surface area contributed by atoms with Gasteiger partial charge in [-0.05, 0) is 37.6 Å². The van der Waals surface area contributed by atoms with Crippen LogP contribution in [0.3, 0.4) is 0 Å². The first-order chi connectivity index (χ1) is 7.47. The van der Waals surface area contributed by atoms with E-state index in [0.29, 0.717) is 18.5 Å². The Bertz CT molecular complexity index is 460. The molecule has 0 spiro atoms. The molecule has 0 amide bonds. The number of sulfonamides is 1. The molecule has 0 bridgehead atoms. The number of halogens is 1. The van der Waals surface area contributed by atoms with Gasteiger partial charge < -0.3 is 5.73 Å². The summed E-state index contributed by atoms with van der Waals surface area (Å²) < 4.78 is 38.8. The monoisotopic (exact) mass is 246 g/mol. The van der Waals surface area contributed by atoms with Gasteiger partial charge in [-0.3, -0.25) is 0 Å². The summed E-state index contributed by atoms with van der Waals surface area (Å²) in [7, 11) is -3.63. The normalized spacial score (nSPS) is 11.7. The molecule has 1 aromatic rings. The highest BCUT2D eigenvalue weighted by Crippen LogP contribution is 2.15. The van der Waals surface area contributed by atoms with Crippen molar-refractivity contribution in [3.05, 3.63) is 29.6 Å². The molecule has 0 saturated carbocycles. The van der Waals surface area contributed by atoms with Gasteiger partial charge in [-0.15, -0.1) is 0 Å². The minimum atomic E-state index is -3.63. The molecular formula is C10H15FN2O2S. The molecule has 16 heavy (non-hydrogen) atoms. The Labute approximate surface area is 94.7 Å². The molecule has 0 saturated heterocycles. The van der Waals surface area contributed by atoms with Gasteiger partial charge in [-0.1, -0.05) is 6.07 Å². The topological polar surface area (TPSA) is 72.2 Å². The van der Waals surface area contributed by atoms with Gasteiger partial charge in [0.1, 0.15) is 5.82 Å². The number of hydrogen-bond acceptors (Lipinski definition) is 3. The second-order valence-electron chi connectivity index (χ2n) is 3.45. The molecule has 0 fully saturated rings. The van der Waals surface area contributed by atoms with Crippen LogP contribution in [0.2, 0.25) is 0 Å². The summed E-state index contributed by atoms with van der Waals surface area (Å²) in [5.41, 5.74) is 5.77. The van der Waals surface area contributed by atoms with Crippen molar-refractivity contribution in [1.82, 2.24) is 4.72 Å². The zero-order valence-electron chi connectivity index (χ0n) is 9.03. The zero-order chi connectivity index (χ0) is 12.2. The van der Waals surface area contributed by atoms with Gasteiger partial charge in [0.25, 0.3) is 0 Å². The van der Waals surface area contributed by atoms with Crippen molar-refractivity contribution in [2.75, 3.05) is 13.1 Å². The summed E-state index contributed by atoms with van der Waals surface area (Å²) in [6, 6.07) is 3.68. The third-order valence-corrected chi connectivity index (χ3v) is 3.72. The molecule has 1 rings (SSSR count). The molecule has 6 heteroatoms. The van der Waals surface area contributed by atoms with Crippen LogP contribution in [0.25, 0.3) is 0 Å². The second kappa shape index (κ2) is 5.38. The largest absolute Gasteiger partial charge is 0.330 e. The van der Waals surface area contributed by atoms with E-state index in [1.54, 1.807) is 6.92 Å². The fourth-order valence-electron chi connectivity index (χ4n) is 1.25. The molecular weight excluding hydrogens is 231 g/mol. The van der Waals surface area contributed by atoms with Crippen molar-refractivity contribution in [2.45, 2.75) is 18.2 Å². The van der Waals surface area contributed by atoms with Crippen LogP contribution in [0.5, 0.6) is 0 Å². The Balaban J connectivity index is 2.93. The summed E-state index contributed by atoms with van der Waals surface area (Å²) in [4.78, 5) is -0.0236. The van der Waals surface area contributed by atoms with Crippen LogP contribution in [0, 0.1) is 12.7 Å². The number of hydrogen-bond donors (Lipinski definition) is 2. The maximum absolute atomic E-state index is 13.0. The van der Waals surface area contributed by atoms with Gasteiger partial charge in [0.15, 0.2) is 0 Å². The molecule has 0 aliphatic rings. The van der Waals surface area contributed by atoms with E-state index in [0.717, 1.165) is 6.07 Å². The van der Waals surface area contributed by atoms with Gasteiger partial charge in [0, 0.05) is 6.54 Å². The Morgan fingerprint density at radius 1 is 1.44 bits per heavy atom. The summed E-state index contributed by atoms with van der Waals surface area (Å²) in [6.45, 7) is 2.29. The van der Waals surface area contributed by atoms with E-state index >= 15 is 0 Å². The molecule has 4 nitrogen and oxygen atoms in total. The Morgan fingerprint density at radius 3 is 2.75 bits per heavy atom. The molecule has 1 aromatic carbocycles. The van der Waals surface area contributed by atoms with E-state index in [9.17, 15) is 12.8 Å². The molecule has 0 radical (unpaired) electrons. The van der Waals surface area contributed by atoms with Gasteiger partial charge in [0.2, 0.25) is 10.0 Å². The van der Waals surface area contributed by atoms with Crippen LogP contribution >= 0.6 is 0 Å². The molecule has 3 N–H and O–H groups in total. The van der Waals surface area contributed by atoms with Crippen molar-refractivity contribution in [3.63, 3.8) is 0 Å². The smallest absolute Gasteiger partial charge is 0.240 e. The maximum Gasteiger partial charge on any atom is 0.240 e. The van der Waals surface area contributed by atoms with Crippen LogP contribution in [0.4, 0.5) is 4.39 Å². The summed E-state index contributed by atoms with van der Waals surface area (Å²) >= 11 is 0. The minimum absolute atomic E-state index is 0.0236. The third kappa shape index (κ3) is 3.26. The fourth-order valence-corrected chi connectivity index (χ4v) is 2.58. The van der Waals surface area contributed by atoms with Crippen LogP contribution in [0.15, 0.2) is 23.1 Å². The van der Waals surface area contributed by atoms with Gasteiger partial charge in [-0.2, -0.15) is 0 Å². The number of nitrogens with two attached hydrogens (primary N) is 1. The predicted octanol–water partition coefficient (Wildman–Crippen LogP) is 0.761. The van der Waals surface area contributed by atoms with Crippen molar-refractivity contribution in [1.29, 1.82) is 0 Å². The summed E-state index contributed by atoms with van der Waals surface area (Å²) in [6.07, 6.45) is 0.549. The molecule has 0 aliphatic carbocycles. The third-order valence-electron chi connectivity index (χ3n) is 2.11. The number of aryl methyl sites for hydroxylation is 1. The van der Waals surface area contributed by atoms with Crippen LogP contribution < -0.4 is 10.5 Å². The van der Waals surface area contributed by atoms with Crippen molar-refractivity contribution in [3.8, 4) is 0 Å². The van der Waals surface area contributed by atoms with Gasteiger partial charge >= 0.3 is 0 Å². The Morgan fingerprint density at radius 2 is 2.12 bits per heavy atom. The quantitative estimate of drug-likeness (QED) is 0.753. The van der Waals surface area contributed by atoms with Crippen molar-refractivity contribution >= 4 is 10.0 Å². The van der Waals surface area contributed by atoms with Crippen molar-refractivity contribution < 1.29 is 12.8 Å². The van der Waals surface area contributed by atoms with E-state index in [1.807, 2.05) is 0 Å². The van der Waals surface area contributed by atoms with Gasteiger partial charge in [-0.25, -0.2) is 17.5 Å². The first kappa shape index (κ1) is 13.1. The first-order valence-corrected chi connectivity index (χ1v) is 6.41. The zero-order valence-corrected chi connectivity index (χ0v) is 9.85. The minimum Gasteiger partial charge on any atom is -0.330 e. The average Bonchev–Trinajstić information content (AvgIpc) is 2.22. The van der Waals surface area contributed by atoms with Crippen LogP contribution in [-0.4, -0.2) is 21.5 Å². The van der Waals surface area contributed by atoms with Crippen LogP contribution in [-0.2, 0) is 10.0 Å². The standard InChI is InChI=1S/C10H15FN2O2S/c1-8-3-4-9(11)7-10(8)16(14,15)13-6-2-5-12/h3-4,7,13H,2,5-6,12H2,1H3. The molecule has 0 aromatic heterocycles. The molecule has 0 aliphatic heterocycles. The highest BCUT2D eigenvalue weighted by atomic mass is 32.2. The molecule has 90 valence electrons. The maximum atomic E-state index is 13.0. The van der Waals surface area contributed by atoms with E-state index in [4.69, 9.17) is 5.73 Å². The first-order valence-electron chi connectivity index (χ1n) is 4.93. The SMILES string of the molecule is Cc1ccc(F)cc1S(=O)(=O)NCCCN. The van der Waals surface area contributed by atoms with E-state index in [-0.39, 0.29) is 11.4 Å². The summed E-state index contributed by atoms with van der Waals surface area (Å²) in [5, 5.41) is 0. The fraction of sp³-hybridized carbons (Fsp3) is 0.400. The lowest BCUT2D eigenvalue weighted by atomic mass is 10.2.